The van der Waals surface area contributed by atoms with Gasteiger partial charge >= 0.3 is 0 Å². The Hall–Kier alpha value is -2.12. The number of carbonyl (C=O) groups is 2. The zero-order valence-corrected chi connectivity index (χ0v) is 19.6. The van der Waals surface area contributed by atoms with Gasteiger partial charge in [0, 0.05) is 17.1 Å². The maximum absolute atomic E-state index is 12.9. The van der Waals surface area contributed by atoms with Crippen LogP contribution in [-0.2, 0) is 4.79 Å². The van der Waals surface area contributed by atoms with Crippen LogP contribution in [0.5, 0.6) is 0 Å². The van der Waals surface area contributed by atoms with E-state index < -0.39 is 6.04 Å². The quantitative estimate of drug-likeness (QED) is 0.573. The van der Waals surface area contributed by atoms with Crippen LogP contribution in [0.25, 0.3) is 0 Å². The standard InChI is InChI=1S/C22H29ClN4O2S/c1-12-16(10-14(23)11-24-12)25-13(2)17-8-9-18(30-17)20(28)27-19(22(3,4)5)21(29)26-15-6-7-15/h8-11,13,15,19,25H,6-7H2,1-5H3,(H,26,29)(H,27,28)/t13-,19-/m0/s1. The number of thiophene rings is 1. The van der Waals surface area contributed by atoms with Crippen LogP contribution < -0.4 is 16.0 Å². The smallest absolute Gasteiger partial charge is 0.262 e. The van der Waals surface area contributed by atoms with Crippen molar-refractivity contribution in [3.05, 3.63) is 44.9 Å². The molecule has 1 fully saturated rings. The van der Waals surface area contributed by atoms with Crippen LogP contribution in [0.4, 0.5) is 5.69 Å². The minimum absolute atomic E-state index is 0.0212. The summed E-state index contributed by atoms with van der Waals surface area (Å²) in [5, 5.41) is 9.90. The number of anilines is 1. The highest BCUT2D eigenvalue weighted by atomic mass is 35.5. The zero-order chi connectivity index (χ0) is 22.1. The number of nitrogens with one attached hydrogen (secondary N) is 3. The van der Waals surface area contributed by atoms with Crippen molar-refractivity contribution < 1.29 is 9.59 Å². The van der Waals surface area contributed by atoms with Gasteiger partial charge in [0.2, 0.25) is 5.91 Å². The van der Waals surface area contributed by atoms with E-state index in [1.165, 1.54) is 11.3 Å². The molecule has 0 aromatic carbocycles. The number of hydrogen-bond acceptors (Lipinski definition) is 5. The van der Waals surface area contributed by atoms with E-state index in [2.05, 4.69) is 20.9 Å². The third kappa shape index (κ3) is 5.73. The van der Waals surface area contributed by atoms with Gasteiger partial charge in [-0.25, -0.2) is 0 Å². The largest absolute Gasteiger partial charge is 0.376 e. The molecule has 3 rings (SSSR count). The Morgan fingerprint density at radius 2 is 1.97 bits per heavy atom. The number of aromatic nitrogens is 1. The zero-order valence-electron chi connectivity index (χ0n) is 18.0. The predicted octanol–water partition coefficient (Wildman–Crippen LogP) is 4.70. The summed E-state index contributed by atoms with van der Waals surface area (Å²) in [5.74, 6) is -0.348. The van der Waals surface area contributed by atoms with E-state index in [1.54, 1.807) is 12.3 Å². The fourth-order valence-electron chi connectivity index (χ4n) is 3.06. The van der Waals surface area contributed by atoms with Gasteiger partial charge in [-0.2, -0.15) is 0 Å². The molecule has 0 spiro atoms. The van der Waals surface area contributed by atoms with Crippen molar-refractivity contribution in [2.45, 2.75) is 65.6 Å². The summed E-state index contributed by atoms with van der Waals surface area (Å²) in [4.78, 5) is 31.4. The van der Waals surface area contributed by atoms with Crippen molar-refractivity contribution in [2.75, 3.05) is 5.32 Å². The Labute approximate surface area is 186 Å². The molecule has 2 aromatic rings. The molecule has 1 aliphatic rings. The van der Waals surface area contributed by atoms with Crippen molar-refractivity contribution in [3.63, 3.8) is 0 Å². The van der Waals surface area contributed by atoms with E-state index in [1.807, 2.05) is 46.8 Å². The van der Waals surface area contributed by atoms with Gasteiger partial charge in [0.25, 0.3) is 5.91 Å². The van der Waals surface area contributed by atoms with E-state index in [9.17, 15) is 9.59 Å². The second-order valence-corrected chi connectivity index (χ2v) is 10.5. The summed E-state index contributed by atoms with van der Waals surface area (Å²) in [7, 11) is 0. The molecule has 30 heavy (non-hydrogen) atoms. The molecule has 6 nitrogen and oxygen atoms in total. The Kier molecular flexibility index (Phi) is 6.72. The molecule has 0 unspecified atom stereocenters. The molecular weight excluding hydrogens is 420 g/mol. The van der Waals surface area contributed by atoms with Gasteiger partial charge in [-0.15, -0.1) is 11.3 Å². The number of rotatable bonds is 7. The lowest BCUT2D eigenvalue weighted by molar-refractivity contribution is -0.125. The minimum Gasteiger partial charge on any atom is -0.376 e. The third-order valence-electron chi connectivity index (χ3n) is 5.03. The van der Waals surface area contributed by atoms with Crippen LogP contribution in [0.1, 0.15) is 66.8 Å². The van der Waals surface area contributed by atoms with Gasteiger partial charge in [0.15, 0.2) is 0 Å². The number of amides is 2. The van der Waals surface area contributed by atoms with Crippen molar-refractivity contribution >= 4 is 40.4 Å². The van der Waals surface area contributed by atoms with Crippen LogP contribution >= 0.6 is 22.9 Å². The van der Waals surface area contributed by atoms with Crippen LogP contribution in [-0.4, -0.2) is 28.9 Å². The molecule has 1 aliphatic carbocycles. The first-order valence-electron chi connectivity index (χ1n) is 10.1. The summed E-state index contributed by atoms with van der Waals surface area (Å²) in [6.45, 7) is 9.81. The summed E-state index contributed by atoms with van der Waals surface area (Å²) < 4.78 is 0. The first kappa shape index (κ1) is 22.6. The normalized spacial score (nSPS) is 15.9. The van der Waals surface area contributed by atoms with Crippen LogP contribution in [0.15, 0.2) is 24.4 Å². The summed E-state index contributed by atoms with van der Waals surface area (Å²) >= 11 is 7.46. The van der Waals surface area contributed by atoms with E-state index in [4.69, 9.17) is 11.6 Å². The van der Waals surface area contributed by atoms with Gasteiger partial charge in [-0.1, -0.05) is 32.4 Å². The summed E-state index contributed by atoms with van der Waals surface area (Å²) in [6, 6.07) is 5.22. The average molecular weight is 449 g/mol. The van der Waals surface area contributed by atoms with Crippen LogP contribution in [0.3, 0.4) is 0 Å². The summed E-state index contributed by atoms with van der Waals surface area (Å²) in [6.07, 6.45) is 3.64. The fourth-order valence-corrected chi connectivity index (χ4v) is 4.13. The number of pyridine rings is 1. The van der Waals surface area contributed by atoms with Crippen LogP contribution in [0, 0.1) is 12.3 Å². The highest BCUT2D eigenvalue weighted by Crippen LogP contribution is 2.29. The van der Waals surface area contributed by atoms with Gasteiger partial charge < -0.3 is 16.0 Å². The number of halogens is 1. The molecule has 2 heterocycles. The fraction of sp³-hybridized carbons (Fsp3) is 0.500. The van der Waals surface area contributed by atoms with E-state index >= 15 is 0 Å². The Bertz CT molecular complexity index is 933. The van der Waals surface area contributed by atoms with E-state index in [-0.39, 0.29) is 29.3 Å². The Morgan fingerprint density at radius 3 is 2.60 bits per heavy atom. The maximum atomic E-state index is 12.9. The number of aryl methyl sites for hydroxylation is 1. The van der Waals surface area contributed by atoms with Gasteiger partial charge in [0.1, 0.15) is 6.04 Å². The first-order chi connectivity index (χ1) is 14.0. The molecule has 0 aliphatic heterocycles. The van der Waals surface area contributed by atoms with Gasteiger partial charge in [-0.3, -0.25) is 14.6 Å². The van der Waals surface area contributed by atoms with Gasteiger partial charge in [0.05, 0.1) is 27.3 Å². The molecule has 0 saturated heterocycles. The molecular formula is C22H29ClN4O2S. The van der Waals surface area contributed by atoms with Crippen molar-refractivity contribution in [1.29, 1.82) is 0 Å². The molecule has 2 atom stereocenters. The van der Waals surface area contributed by atoms with Crippen LogP contribution in [0.2, 0.25) is 5.02 Å². The van der Waals surface area contributed by atoms with Crippen molar-refractivity contribution in [1.82, 2.24) is 15.6 Å². The SMILES string of the molecule is Cc1ncc(Cl)cc1N[C@@H](C)c1ccc(C(=O)N[C@@H](C(=O)NC2CC2)C(C)(C)C)s1. The molecule has 8 heteroatoms. The second-order valence-electron chi connectivity index (χ2n) is 8.91. The topological polar surface area (TPSA) is 83.1 Å². The molecule has 3 N–H and O–H groups in total. The summed E-state index contributed by atoms with van der Waals surface area (Å²) in [5.41, 5.74) is 1.33. The monoisotopic (exact) mass is 448 g/mol. The van der Waals surface area contributed by atoms with Crippen molar-refractivity contribution in [3.8, 4) is 0 Å². The number of carbonyl (C=O) groups excluding carboxylic acids is 2. The highest BCUT2D eigenvalue weighted by Gasteiger charge is 2.36. The van der Waals surface area contributed by atoms with Gasteiger partial charge in [-0.05, 0) is 50.3 Å². The number of hydrogen-bond donors (Lipinski definition) is 3. The lowest BCUT2D eigenvalue weighted by Gasteiger charge is -2.30. The van der Waals surface area contributed by atoms with E-state index in [0.29, 0.717) is 9.90 Å². The van der Waals surface area contributed by atoms with Crippen molar-refractivity contribution in [2.24, 2.45) is 5.41 Å². The molecule has 0 radical (unpaired) electrons. The third-order valence-corrected chi connectivity index (χ3v) is 6.50. The Balaban J connectivity index is 1.68. The first-order valence-corrected chi connectivity index (χ1v) is 11.3. The molecule has 2 amide bonds. The molecule has 0 bridgehead atoms. The Morgan fingerprint density at radius 1 is 1.27 bits per heavy atom. The lowest BCUT2D eigenvalue weighted by Crippen LogP contribution is -2.53. The maximum Gasteiger partial charge on any atom is 0.262 e. The lowest BCUT2D eigenvalue weighted by atomic mass is 9.86. The molecule has 2 aromatic heterocycles. The second kappa shape index (κ2) is 8.94. The number of nitrogens with zero attached hydrogens (tertiary/aromatic N) is 1. The highest BCUT2D eigenvalue weighted by molar-refractivity contribution is 7.14. The molecule has 162 valence electrons. The predicted molar refractivity (Wildman–Crippen MR) is 122 cm³/mol. The minimum atomic E-state index is -0.591. The molecule has 1 saturated carbocycles. The van der Waals surface area contributed by atoms with E-state index in [0.717, 1.165) is 29.1 Å². The average Bonchev–Trinajstić information content (AvgIpc) is 3.32.